The van der Waals surface area contributed by atoms with Gasteiger partial charge in [-0.25, -0.2) is 4.98 Å². The smallest absolute Gasteiger partial charge is 0.145 e. The van der Waals surface area contributed by atoms with E-state index in [0.29, 0.717) is 0 Å². The van der Waals surface area contributed by atoms with Crippen LogP contribution in [0.25, 0.3) is 71.6 Å². The van der Waals surface area contributed by atoms with E-state index in [1.165, 1.54) is 54.6 Å². The summed E-state index contributed by atoms with van der Waals surface area (Å²) < 4.78 is 3.56. The minimum Gasteiger partial charge on any atom is -0.311 e. The van der Waals surface area contributed by atoms with E-state index in [1.54, 1.807) is 11.3 Å². The van der Waals surface area contributed by atoms with Crippen molar-refractivity contribution in [1.82, 2.24) is 9.55 Å². The van der Waals surface area contributed by atoms with Crippen LogP contribution in [0.15, 0.2) is 200 Å². The van der Waals surface area contributed by atoms with Crippen molar-refractivity contribution in [2.45, 2.75) is 19.3 Å². The van der Waals surface area contributed by atoms with Crippen molar-refractivity contribution in [3.05, 3.63) is 211 Å². The van der Waals surface area contributed by atoms with E-state index < -0.39 is 0 Å². The molecular formula is C54H39N3S. The lowest BCUT2D eigenvalue weighted by Gasteiger charge is -2.26. The fourth-order valence-corrected chi connectivity index (χ4v) is 9.91. The maximum Gasteiger partial charge on any atom is 0.145 e. The normalized spacial score (nSPS) is 12.8. The Labute approximate surface area is 342 Å². The highest BCUT2D eigenvalue weighted by Gasteiger charge is 2.35. The molecule has 0 spiro atoms. The molecule has 2 aromatic heterocycles. The molecule has 0 atom stereocenters. The molecule has 0 saturated heterocycles. The third-order valence-electron chi connectivity index (χ3n) is 11.9. The van der Waals surface area contributed by atoms with Crippen molar-refractivity contribution in [1.29, 1.82) is 0 Å². The second-order valence-electron chi connectivity index (χ2n) is 15.6. The van der Waals surface area contributed by atoms with Crippen LogP contribution in [0.2, 0.25) is 0 Å². The molecule has 0 bridgehead atoms. The number of fused-ring (bicyclic) bond motifs is 5. The van der Waals surface area contributed by atoms with E-state index in [4.69, 9.17) is 4.98 Å². The lowest BCUT2D eigenvalue weighted by atomic mass is 9.81. The number of rotatable bonds is 7. The van der Waals surface area contributed by atoms with E-state index in [-0.39, 0.29) is 5.41 Å². The Hall–Kier alpha value is -7.01. The molecule has 0 radical (unpaired) electrons. The van der Waals surface area contributed by atoms with Gasteiger partial charge in [-0.2, -0.15) is 0 Å². The Morgan fingerprint density at radius 2 is 1.07 bits per heavy atom. The number of thiophene rings is 1. The third-order valence-corrected chi connectivity index (χ3v) is 12.9. The molecule has 0 N–H and O–H groups in total. The summed E-state index contributed by atoms with van der Waals surface area (Å²) in [6.07, 6.45) is 0. The predicted molar refractivity (Wildman–Crippen MR) is 245 cm³/mol. The van der Waals surface area contributed by atoms with E-state index >= 15 is 0 Å². The standard InChI is InChI=1S/C54H39N3S/c1-54(2)48-16-8-6-14-44(48)45-33-26-39(34-49(45)54)36-20-27-41(28-21-36)56(42-29-22-37(23-30-42)47-35-58-52-19-11-7-15-46(47)52)43-31-24-38(25-32-43)53-55-50-17-9-10-18-51(50)57(53)40-12-4-3-5-13-40/h3-35H,1-2H3. The summed E-state index contributed by atoms with van der Waals surface area (Å²) in [4.78, 5) is 7.49. The van der Waals surface area contributed by atoms with Crippen molar-refractivity contribution < 1.29 is 0 Å². The minimum atomic E-state index is -0.0444. The largest absolute Gasteiger partial charge is 0.311 e. The highest BCUT2D eigenvalue weighted by molar-refractivity contribution is 7.17. The minimum absolute atomic E-state index is 0.0444. The van der Waals surface area contributed by atoms with Crippen LogP contribution in [0.1, 0.15) is 25.0 Å². The zero-order valence-corrected chi connectivity index (χ0v) is 33.1. The van der Waals surface area contributed by atoms with Crippen LogP contribution in [0, 0.1) is 0 Å². The molecule has 3 nitrogen and oxygen atoms in total. The van der Waals surface area contributed by atoms with Gasteiger partial charge in [0.1, 0.15) is 5.82 Å². The molecule has 10 aromatic rings. The Bertz CT molecular complexity index is 3120. The van der Waals surface area contributed by atoms with Crippen LogP contribution in [-0.4, -0.2) is 9.55 Å². The monoisotopic (exact) mass is 761 g/mol. The fraction of sp³-hybridized carbons (Fsp3) is 0.0556. The van der Waals surface area contributed by atoms with Gasteiger partial charge in [0.05, 0.1) is 11.0 Å². The Balaban J connectivity index is 0.985. The average Bonchev–Trinajstić information content (AvgIpc) is 3.96. The van der Waals surface area contributed by atoms with Crippen LogP contribution in [-0.2, 0) is 5.41 Å². The highest BCUT2D eigenvalue weighted by Crippen LogP contribution is 2.50. The number of para-hydroxylation sites is 3. The number of nitrogens with zero attached hydrogens (tertiary/aromatic N) is 3. The molecule has 0 unspecified atom stereocenters. The molecule has 8 aromatic carbocycles. The molecule has 276 valence electrons. The molecule has 1 aliphatic carbocycles. The van der Waals surface area contributed by atoms with Crippen molar-refractivity contribution in [3.8, 4) is 50.5 Å². The summed E-state index contributed by atoms with van der Waals surface area (Å²) in [7, 11) is 0. The van der Waals surface area contributed by atoms with E-state index in [2.05, 4.69) is 223 Å². The first kappa shape index (κ1) is 34.3. The Morgan fingerprint density at radius 3 is 1.83 bits per heavy atom. The number of benzene rings is 8. The first-order valence-corrected chi connectivity index (χ1v) is 20.7. The molecule has 0 amide bonds. The van der Waals surface area contributed by atoms with Gasteiger partial charge in [-0.15, -0.1) is 11.3 Å². The van der Waals surface area contributed by atoms with Gasteiger partial charge in [-0.05, 0) is 129 Å². The van der Waals surface area contributed by atoms with E-state index in [9.17, 15) is 0 Å². The number of aromatic nitrogens is 2. The first-order valence-electron chi connectivity index (χ1n) is 19.9. The fourth-order valence-electron chi connectivity index (χ4n) is 8.94. The van der Waals surface area contributed by atoms with Gasteiger partial charge in [0.2, 0.25) is 0 Å². The molecule has 11 rings (SSSR count). The van der Waals surface area contributed by atoms with E-state index in [1.807, 2.05) is 0 Å². The zero-order chi connectivity index (χ0) is 38.8. The summed E-state index contributed by atoms with van der Waals surface area (Å²) in [6.45, 7) is 4.69. The van der Waals surface area contributed by atoms with Crippen molar-refractivity contribution in [2.24, 2.45) is 0 Å². The average molecular weight is 762 g/mol. The van der Waals surface area contributed by atoms with Crippen LogP contribution < -0.4 is 4.90 Å². The van der Waals surface area contributed by atoms with Gasteiger partial charge < -0.3 is 4.90 Å². The maximum atomic E-state index is 5.14. The highest BCUT2D eigenvalue weighted by atomic mass is 32.1. The van der Waals surface area contributed by atoms with Crippen molar-refractivity contribution in [2.75, 3.05) is 4.90 Å². The zero-order valence-electron chi connectivity index (χ0n) is 32.3. The van der Waals surface area contributed by atoms with Crippen LogP contribution in [0.5, 0.6) is 0 Å². The second-order valence-corrected chi connectivity index (χ2v) is 16.6. The van der Waals surface area contributed by atoms with Gasteiger partial charge in [0.25, 0.3) is 0 Å². The van der Waals surface area contributed by atoms with Crippen LogP contribution in [0.4, 0.5) is 17.1 Å². The summed E-state index contributed by atoms with van der Waals surface area (Å²) in [6, 6.07) is 70.2. The molecule has 0 saturated carbocycles. The predicted octanol–water partition coefficient (Wildman–Crippen LogP) is 15.0. The topological polar surface area (TPSA) is 21.1 Å². The third kappa shape index (κ3) is 5.60. The summed E-state index contributed by atoms with van der Waals surface area (Å²) in [5.74, 6) is 0.919. The summed E-state index contributed by atoms with van der Waals surface area (Å²) in [5.41, 5.74) is 17.8. The molecular weight excluding hydrogens is 723 g/mol. The second kappa shape index (κ2) is 13.6. The number of hydrogen-bond acceptors (Lipinski definition) is 3. The first-order chi connectivity index (χ1) is 28.5. The van der Waals surface area contributed by atoms with Gasteiger partial charge in [0, 0.05) is 49.4 Å². The van der Waals surface area contributed by atoms with E-state index in [0.717, 1.165) is 45.2 Å². The molecule has 4 heteroatoms. The van der Waals surface area contributed by atoms with Crippen molar-refractivity contribution in [3.63, 3.8) is 0 Å². The quantitative estimate of drug-likeness (QED) is 0.161. The molecule has 58 heavy (non-hydrogen) atoms. The van der Waals surface area contributed by atoms with Gasteiger partial charge in [-0.1, -0.05) is 123 Å². The van der Waals surface area contributed by atoms with Gasteiger partial charge in [0.15, 0.2) is 0 Å². The molecule has 1 aliphatic rings. The van der Waals surface area contributed by atoms with Crippen LogP contribution >= 0.6 is 11.3 Å². The van der Waals surface area contributed by atoms with Gasteiger partial charge in [-0.3, -0.25) is 4.57 Å². The molecule has 0 fully saturated rings. The summed E-state index contributed by atoms with van der Waals surface area (Å²) >= 11 is 1.80. The lowest BCUT2D eigenvalue weighted by Crippen LogP contribution is -2.14. The lowest BCUT2D eigenvalue weighted by molar-refractivity contribution is 0.660. The number of anilines is 3. The van der Waals surface area contributed by atoms with Crippen LogP contribution in [0.3, 0.4) is 0 Å². The number of hydrogen-bond donors (Lipinski definition) is 0. The maximum absolute atomic E-state index is 5.14. The molecule has 0 aliphatic heterocycles. The Morgan fingerprint density at radius 1 is 0.483 bits per heavy atom. The SMILES string of the molecule is CC1(C)c2ccccc2-c2ccc(-c3ccc(N(c4ccc(-c5csc6ccccc56)cc4)c4ccc(-c5nc6ccccc6n5-c5ccccc5)cc4)cc3)cc21. The number of imidazole rings is 1. The summed E-state index contributed by atoms with van der Waals surface area (Å²) in [5, 5.41) is 3.57. The Kier molecular flexibility index (Phi) is 8.02. The van der Waals surface area contributed by atoms with Gasteiger partial charge >= 0.3 is 0 Å². The molecule has 2 heterocycles. The van der Waals surface area contributed by atoms with Crippen molar-refractivity contribution >= 4 is 49.5 Å².